The van der Waals surface area contributed by atoms with Crippen molar-refractivity contribution < 1.29 is 18.7 Å². The van der Waals surface area contributed by atoms with Gasteiger partial charge in [-0.1, -0.05) is 6.07 Å². The number of nitrogens with zero attached hydrogens (tertiary/aromatic N) is 2. The van der Waals surface area contributed by atoms with Gasteiger partial charge >= 0.3 is 0 Å². The minimum Gasteiger partial charge on any atom is -0.454 e. The number of hydrogen-bond donors (Lipinski definition) is 2. The van der Waals surface area contributed by atoms with E-state index in [0.29, 0.717) is 51.1 Å². The van der Waals surface area contributed by atoms with Crippen molar-refractivity contribution in [2.45, 2.75) is 6.54 Å². The van der Waals surface area contributed by atoms with E-state index in [1.807, 2.05) is 18.2 Å². The lowest BCUT2D eigenvalue weighted by Gasteiger charge is -2.07. The van der Waals surface area contributed by atoms with Crippen LogP contribution in [-0.4, -0.2) is 27.5 Å². The fraction of sp³-hybridized carbons (Fsp3) is 0.0800. The molecule has 1 amide bonds. The van der Waals surface area contributed by atoms with Gasteiger partial charge in [0.1, 0.15) is 5.82 Å². The van der Waals surface area contributed by atoms with Crippen molar-refractivity contribution in [2.24, 2.45) is 0 Å². The number of rotatable bonds is 4. The summed E-state index contributed by atoms with van der Waals surface area (Å²) >= 11 is 0. The van der Waals surface area contributed by atoms with E-state index in [0.717, 1.165) is 5.56 Å². The molecule has 5 aromatic rings. The van der Waals surface area contributed by atoms with Gasteiger partial charge in [-0.05, 0) is 60.2 Å². The minimum atomic E-state index is -0.392. The Morgan fingerprint density at radius 3 is 2.71 bits per heavy atom. The van der Waals surface area contributed by atoms with E-state index in [9.17, 15) is 14.0 Å². The SMILES string of the molecule is O=C(NCc1ccc2c(c1)OCO2)c1ccc2ncc3c(=O)n(-c4ccc(F)cc4)[nH]c3c2c1. The fourth-order valence-corrected chi connectivity index (χ4v) is 4.01. The number of H-pyrrole nitrogens is 1. The highest BCUT2D eigenvalue weighted by Gasteiger charge is 2.16. The van der Waals surface area contributed by atoms with Gasteiger partial charge in [-0.2, -0.15) is 0 Å². The Bertz CT molecular complexity index is 1640. The zero-order valence-electron chi connectivity index (χ0n) is 17.7. The lowest BCUT2D eigenvalue weighted by atomic mass is 10.1. The monoisotopic (exact) mass is 456 g/mol. The van der Waals surface area contributed by atoms with E-state index in [1.165, 1.54) is 35.1 Å². The van der Waals surface area contributed by atoms with Crippen LogP contribution in [0.2, 0.25) is 0 Å². The van der Waals surface area contributed by atoms with Crippen LogP contribution < -0.4 is 20.3 Å². The maximum absolute atomic E-state index is 13.3. The standard InChI is InChI=1S/C25H17FN4O4/c26-16-3-5-17(6-4-16)30-25(32)19-12-27-20-7-2-15(10-18(20)23(19)29-30)24(31)28-11-14-1-8-21-22(9-14)34-13-33-21/h1-10,12,29H,11,13H2,(H,28,31). The number of aromatic nitrogens is 3. The first-order chi connectivity index (χ1) is 16.6. The summed E-state index contributed by atoms with van der Waals surface area (Å²) in [6, 6.07) is 16.2. The molecule has 9 heteroatoms. The molecule has 0 unspecified atom stereocenters. The Kier molecular flexibility index (Phi) is 4.54. The third-order valence-electron chi connectivity index (χ3n) is 5.76. The average molecular weight is 456 g/mol. The Morgan fingerprint density at radius 2 is 1.85 bits per heavy atom. The number of ether oxygens (including phenoxy) is 2. The van der Waals surface area contributed by atoms with Crippen LogP contribution in [0.5, 0.6) is 11.5 Å². The number of fused-ring (bicyclic) bond motifs is 4. The van der Waals surface area contributed by atoms with Crippen molar-refractivity contribution in [1.82, 2.24) is 20.1 Å². The second kappa shape index (κ2) is 7.73. The van der Waals surface area contributed by atoms with Crippen molar-refractivity contribution in [1.29, 1.82) is 0 Å². The first-order valence-electron chi connectivity index (χ1n) is 10.5. The smallest absolute Gasteiger partial charge is 0.280 e. The molecule has 0 saturated heterocycles. The lowest BCUT2D eigenvalue weighted by molar-refractivity contribution is 0.0951. The summed E-state index contributed by atoms with van der Waals surface area (Å²) in [6.45, 7) is 0.503. The molecular weight excluding hydrogens is 439 g/mol. The van der Waals surface area contributed by atoms with Gasteiger partial charge in [0.2, 0.25) is 6.79 Å². The van der Waals surface area contributed by atoms with Crippen molar-refractivity contribution in [2.75, 3.05) is 6.79 Å². The summed E-state index contributed by atoms with van der Waals surface area (Å²) in [5.74, 6) is 0.677. The third-order valence-corrected chi connectivity index (χ3v) is 5.76. The Morgan fingerprint density at radius 1 is 1.03 bits per heavy atom. The molecule has 0 bridgehead atoms. The van der Waals surface area contributed by atoms with E-state index in [1.54, 1.807) is 18.2 Å². The normalized spacial score (nSPS) is 12.4. The van der Waals surface area contributed by atoms with Crippen molar-refractivity contribution in [3.8, 4) is 17.2 Å². The average Bonchev–Trinajstić information content (AvgIpc) is 3.47. The Hall–Kier alpha value is -4.66. The molecule has 2 N–H and O–H groups in total. The molecular formula is C25H17FN4O4. The molecule has 2 aromatic heterocycles. The molecule has 0 radical (unpaired) electrons. The number of pyridine rings is 1. The van der Waals surface area contributed by atoms with E-state index in [2.05, 4.69) is 15.4 Å². The quantitative estimate of drug-likeness (QED) is 0.430. The van der Waals surface area contributed by atoms with Gasteiger partial charge in [0.15, 0.2) is 11.5 Å². The van der Waals surface area contributed by atoms with Gasteiger partial charge in [0.05, 0.1) is 22.1 Å². The van der Waals surface area contributed by atoms with Crippen molar-refractivity contribution in [3.63, 3.8) is 0 Å². The molecule has 0 spiro atoms. The molecule has 8 nitrogen and oxygen atoms in total. The summed E-state index contributed by atoms with van der Waals surface area (Å²) < 4.78 is 25.3. The molecule has 0 saturated carbocycles. The van der Waals surface area contributed by atoms with Gasteiger partial charge in [0, 0.05) is 23.7 Å². The summed E-state index contributed by atoms with van der Waals surface area (Å²) in [6.07, 6.45) is 1.50. The van der Waals surface area contributed by atoms with Crippen molar-refractivity contribution >= 4 is 27.7 Å². The van der Waals surface area contributed by atoms with Crippen LogP contribution in [0.4, 0.5) is 4.39 Å². The number of benzene rings is 3. The Labute approximate surface area is 191 Å². The van der Waals surface area contributed by atoms with E-state index in [4.69, 9.17) is 9.47 Å². The maximum Gasteiger partial charge on any atom is 0.280 e. The second-order valence-corrected chi connectivity index (χ2v) is 7.88. The van der Waals surface area contributed by atoms with Crippen molar-refractivity contribution in [3.05, 3.63) is 94.2 Å². The summed E-state index contributed by atoms with van der Waals surface area (Å²) in [7, 11) is 0. The topological polar surface area (TPSA) is 98.2 Å². The lowest BCUT2D eigenvalue weighted by Crippen LogP contribution is -2.22. The highest BCUT2D eigenvalue weighted by Crippen LogP contribution is 2.32. The Balaban J connectivity index is 1.33. The number of aromatic amines is 1. The molecule has 168 valence electrons. The predicted octanol–water partition coefficient (Wildman–Crippen LogP) is 3.66. The molecule has 3 heterocycles. The molecule has 1 aliphatic heterocycles. The number of halogens is 1. The van der Waals surface area contributed by atoms with Gasteiger partial charge in [-0.25, -0.2) is 9.07 Å². The molecule has 3 aromatic carbocycles. The number of amides is 1. The van der Waals surface area contributed by atoms with E-state index in [-0.39, 0.29) is 18.3 Å². The molecule has 6 rings (SSSR count). The van der Waals surface area contributed by atoms with E-state index < -0.39 is 5.82 Å². The second-order valence-electron chi connectivity index (χ2n) is 7.88. The van der Waals surface area contributed by atoms with Crippen LogP contribution in [0.1, 0.15) is 15.9 Å². The number of hydrogen-bond acceptors (Lipinski definition) is 5. The summed E-state index contributed by atoms with van der Waals surface area (Å²) in [5, 5.41) is 6.97. The fourth-order valence-electron chi connectivity index (χ4n) is 4.01. The first-order valence-corrected chi connectivity index (χ1v) is 10.5. The highest BCUT2D eigenvalue weighted by molar-refractivity contribution is 6.06. The van der Waals surface area contributed by atoms with E-state index >= 15 is 0 Å². The molecule has 34 heavy (non-hydrogen) atoms. The molecule has 0 aliphatic carbocycles. The predicted molar refractivity (Wildman–Crippen MR) is 123 cm³/mol. The van der Waals surface area contributed by atoms with Crippen LogP contribution >= 0.6 is 0 Å². The van der Waals surface area contributed by atoms with Gasteiger partial charge < -0.3 is 14.8 Å². The zero-order valence-corrected chi connectivity index (χ0v) is 17.7. The van der Waals surface area contributed by atoms with Crippen LogP contribution in [0.15, 0.2) is 71.7 Å². The largest absolute Gasteiger partial charge is 0.454 e. The molecule has 1 aliphatic rings. The molecule has 0 atom stereocenters. The third kappa shape index (κ3) is 3.34. The first kappa shape index (κ1) is 20.0. The number of carbonyl (C=O) groups excluding carboxylic acids is 1. The van der Waals surface area contributed by atoms with Gasteiger partial charge in [-0.3, -0.25) is 19.7 Å². The van der Waals surface area contributed by atoms with Crippen LogP contribution in [0, 0.1) is 5.82 Å². The molecule has 0 fully saturated rings. The number of carbonyl (C=O) groups is 1. The summed E-state index contributed by atoms with van der Waals surface area (Å²) in [5.41, 5.74) is 2.67. The summed E-state index contributed by atoms with van der Waals surface area (Å²) in [4.78, 5) is 30.1. The highest BCUT2D eigenvalue weighted by atomic mass is 19.1. The zero-order chi connectivity index (χ0) is 23.2. The van der Waals surface area contributed by atoms with Crippen LogP contribution in [-0.2, 0) is 6.54 Å². The maximum atomic E-state index is 13.3. The van der Waals surface area contributed by atoms with Gasteiger partial charge in [-0.15, -0.1) is 0 Å². The number of nitrogens with one attached hydrogen (secondary N) is 2. The minimum absolute atomic E-state index is 0.190. The van der Waals surface area contributed by atoms with Crippen LogP contribution in [0.3, 0.4) is 0 Å². The van der Waals surface area contributed by atoms with Gasteiger partial charge in [0.25, 0.3) is 11.5 Å². The van der Waals surface area contributed by atoms with Crippen LogP contribution in [0.25, 0.3) is 27.5 Å².